The number of allylic oxidation sites excluding steroid dienone is 8. The van der Waals surface area contributed by atoms with Crippen LogP contribution in [0.1, 0.15) is 181 Å². The van der Waals surface area contributed by atoms with E-state index >= 15 is 0 Å². The van der Waals surface area contributed by atoms with E-state index in [0.717, 1.165) is 70.6 Å². The van der Waals surface area contributed by atoms with Gasteiger partial charge in [0.05, 0.1) is 13.2 Å². The summed E-state index contributed by atoms with van der Waals surface area (Å²) in [5.41, 5.74) is 0. The molecular weight excluding hydrogens is 713 g/mol. The Hall–Kier alpha value is -2.03. The number of likely N-dealkylation sites (N-methyl/N-ethyl adjacent to an activating group) is 1. The minimum Gasteiger partial charge on any atom is -0.462 e. The van der Waals surface area contributed by atoms with E-state index in [2.05, 4.69) is 62.5 Å². The molecule has 0 bridgehead atoms. The molecule has 2 unspecified atom stereocenters. The first-order valence-corrected chi connectivity index (χ1v) is 23.4. The summed E-state index contributed by atoms with van der Waals surface area (Å²) in [5.74, 6) is -0.834. The number of nitrogens with zero attached hydrogens (tertiary/aromatic N) is 1. The Morgan fingerprint density at radius 2 is 0.982 bits per heavy atom. The average molecular weight is 796 g/mol. The Bertz CT molecular complexity index is 1060. The van der Waals surface area contributed by atoms with E-state index < -0.39 is 26.5 Å². The molecule has 0 aromatic heterocycles. The van der Waals surface area contributed by atoms with E-state index in [4.69, 9.17) is 18.5 Å². The van der Waals surface area contributed by atoms with Crippen LogP contribution in [0.25, 0.3) is 0 Å². The van der Waals surface area contributed by atoms with Gasteiger partial charge in [0.1, 0.15) is 6.61 Å². The zero-order chi connectivity index (χ0) is 40.5. The van der Waals surface area contributed by atoms with Crippen molar-refractivity contribution in [1.82, 2.24) is 4.90 Å². The van der Waals surface area contributed by atoms with Crippen molar-refractivity contribution in [3.8, 4) is 0 Å². The van der Waals surface area contributed by atoms with Gasteiger partial charge in [-0.2, -0.15) is 0 Å². The maximum atomic E-state index is 12.6. The van der Waals surface area contributed by atoms with Crippen LogP contribution in [-0.4, -0.2) is 68.3 Å². The molecule has 0 amide bonds. The molecule has 0 aliphatic heterocycles. The first-order chi connectivity index (χ1) is 26.7. The third-order valence-corrected chi connectivity index (χ3v) is 10.1. The highest BCUT2D eigenvalue weighted by molar-refractivity contribution is 7.47. The zero-order valence-electron chi connectivity index (χ0n) is 35.6. The van der Waals surface area contributed by atoms with Crippen molar-refractivity contribution in [2.45, 2.75) is 187 Å². The largest absolute Gasteiger partial charge is 0.472 e. The summed E-state index contributed by atoms with van der Waals surface area (Å²) >= 11 is 0. The SMILES string of the molecule is CCCCC/C=C\C/C=C\C/C=C\CCCCCCC(=O)OC(COC(=O)CCCCCCCCC/C=C\CCCCCC)COP(=O)(O)OCCN(C)C. The second kappa shape index (κ2) is 40.2. The minimum absolute atomic E-state index is 0.000774. The molecule has 0 saturated heterocycles. The van der Waals surface area contributed by atoms with Gasteiger partial charge in [-0.05, 0) is 91.1 Å². The number of phosphoric acid groups is 1. The molecule has 55 heavy (non-hydrogen) atoms. The molecule has 1 N–H and O–H groups in total. The molecule has 10 heteroatoms. The van der Waals surface area contributed by atoms with Crippen molar-refractivity contribution in [2.75, 3.05) is 40.5 Å². The molecule has 2 atom stereocenters. The molecular formula is C45H82NO8P. The van der Waals surface area contributed by atoms with E-state index in [1.54, 1.807) is 0 Å². The maximum Gasteiger partial charge on any atom is 0.472 e. The normalized spacial score (nSPS) is 13.9. The minimum atomic E-state index is -4.37. The summed E-state index contributed by atoms with van der Waals surface area (Å²) in [5, 5.41) is 0. The molecule has 0 spiro atoms. The van der Waals surface area contributed by atoms with Crippen LogP contribution < -0.4 is 0 Å². The Morgan fingerprint density at radius 3 is 1.51 bits per heavy atom. The summed E-state index contributed by atoms with van der Waals surface area (Å²) in [6, 6.07) is 0. The summed E-state index contributed by atoms with van der Waals surface area (Å²) in [6.07, 6.45) is 44.3. The third kappa shape index (κ3) is 41.4. The fourth-order valence-corrected chi connectivity index (χ4v) is 6.43. The second-order valence-corrected chi connectivity index (χ2v) is 16.3. The number of carbonyl (C=O) groups excluding carboxylic acids is 2. The number of esters is 2. The number of unbranched alkanes of at least 4 members (excludes halogenated alkanes) is 18. The standard InChI is InChI=1S/C45H82NO8P/c1-5-7-9-11-13-15-17-19-21-22-24-26-28-30-32-34-36-38-45(48)54-43(42-53-55(49,50)52-40-39-46(3)4)41-51-44(47)37-35-33-31-29-27-25-23-20-18-16-14-12-10-8-6-2/h13,15-16,18-19,21,24,26,43H,5-12,14,17,20,22-23,25,27-42H2,1-4H3,(H,49,50)/b15-13-,18-16-,21-19-,26-24-. The van der Waals surface area contributed by atoms with Crippen molar-refractivity contribution in [2.24, 2.45) is 0 Å². The topological polar surface area (TPSA) is 112 Å². The highest BCUT2D eigenvalue weighted by atomic mass is 31.2. The van der Waals surface area contributed by atoms with Crippen molar-refractivity contribution in [3.05, 3.63) is 48.6 Å². The molecule has 0 aliphatic carbocycles. The van der Waals surface area contributed by atoms with Crippen LogP contribution in [0.4, 0.5) is 0 Å². The van der Waals surface area contributed by atoms with E-state index in [1.165, 1.54) is 77.0 Å². The monoisotopic (exact) mass is 796 g/mol. The maximum absolute atomic E-state index is 12.6. The molecule has 0 aromatic carbocycles. The second-order valence-electron chi connectivity index (χ2n) is 14.9. The van der Waals surface area contributed by atoms with Crippen molar-refractivity contribution < 1.29 is 37.6 Å². The molecule has 0 heterocycles. The van der Waals surface area contributed by atoms with Crippen molar-refractivity contribution >= 4 is 19.8 Å². The van der Waals surface area contributed by atoms with Gasteiger partial charge in [0, 0.05) is 19.4 Å². The van der Waals surface area contributed by atoms with Crippen LogP contribution in [0, 0.1) is 0 Å². The summed E-state index contributed by atoms with van der Waals surface area (Å²) in [6.45, 7) is 4.25. The number of hydrogen-bond acceptors (Lipinski definition) is 8. The number of hydrogen-bond donors (Lipinski definition) is 1. The Kier molecular flexibility index (Phi) is 38.7. The summed E-state index contributed by atoms with van der Waals surface area (Å²) in [4.78, 5) is 37.0. The number of rotatable bonds is 40. The first kappa shape index (κ1) is 53.0. The number of ether oxygens (including phenoxy) is 2. The van der Waals surface area contributed by atoms with Gasteiger partial charge in [0.15, 0.2) is 6.10 Å². The van der Waals surface area contributed by atoms with Gasteiger partial charge >= 0.3 is 19.8 Å². The fourth-order valence-electron chi connectivity index (χ4n) is 5.69. The van der Waals surface area contributed by atoms with E-state index in [0.29, 0.717) is 13.0 Å². The molecule has 0 aliphatic rings. The lowest BCUT2D eigenvalue weighted by Crippen LogP contribution is -2.29. The number of phosphoric ester groups is 1. The molecule has 0 rings (SSSR count). The Morgan fingerprint density at radius 1 is 0.564 bits per heavy atom. The van der Waals surface area contributed by atoms with Gasteiger partial charge in [-0.1, -0.05) is 140 Å². The zero-order valence-corrected chi connectivity index (χ0v) is 36.5. The van der Waals surface area contributed by atoms with Gasteiger partial charge in [0.25, 0.3) is 0 Å². The van der Waals surface area contributed by atoms with Crippen molar-refractivity contribution in [1.29, 1.82) is 0 Å². The Labute approximate surface area is 337 Å². The molecule has 0 saturated carbocycles. The van der Waals surface area contributed by atoms with Crippen LogP contribution in [0.2, 0.25) is 0 Å². The molecule has 320 valence electrons. The smallest absolute Gasteiger partial charge is 0.462 e. The van der Waals surface area contributed by atoms with Gasteiger partial charge in [-0.25, -0.2) is 4.57 Å². The van der Waals surface area contributed by atoms with Gasteiger partial charge in [-0.15, -0.1) is 0 Å². The quantitative estimate of drug-likeness (QED) is 0.0280. The van der Waals surface area contributed by atoms with Crippen LogP contribution in [-0.2, 0) is 32.7 Å². The summed E-state index contributed by atoms with van der Waals surface area (Å²) in [7, 11) is -0.729. The van der Waals surface area contributed by atoms with Crippen LogP contribution in [0.15, 0.2) is 48.6 Å². The fraction of sp³-hybridized carbons (Fsp3) is 0.778. The third-order valence-electron chi connectivity index (χ3n) is 9.11. The van der Waals surface area contributed by atoms with Crippen LogP contribution in [0.5, 0.6) is 0 Å². The predicted molar refractivity (Wildman–Crippen MR) is 229 cm³/mol. The first-order valence-electron chi connectivity index (χ1n) is 21.9. The lowest BCUT2D eigenvalue weighted by atomic mass is 10.1. The lowest BCUT2D eigenvalue weighted by molar-refractivity contribution is -0.161. The van der Waals surface area contributed by atoms with E-state index in [-0.39, 0.29) is 32.0 Å². The van der Waals surface area contributed by atoms with Crippen LogP contribution in [0.3, 0.4) is 0 Å². The van der Waals surface area contributed by atoms with Crippen LogP contribution >= 0.6 is 7.82 Å². The molecule has 0 aromatic rings. The summed E-state index contributed by atoms with van der Waals surface area (Å²) < 4.78 is 33.4. The highest BCUT2D eigenvalue weighted by Crippen LogP contribution is 2.43. The highest BCUT2D eigenvalue weighted by Gasteiger charge is 2.26. The van der Waals surface area contributed by atoms with Crippen molar-refractivity contribution in [3.63, 3.8) is 0 Å². The number of carbonyl (C=O) groups is 2. The van der Waals surface area contributed by atoms with E-state index in [9.17, 15) is 19.0 Å². The molecule has 0 radical (unpaired) electrons. The molecule has 0 fully saturated rings. The lowest BCUT2D eigenvalue weighted by Gasteiger charge is -2.20. The van der Waals surface area contributed by atoms with Gasteiger partial charge in [-0.3, -0.25) is 18.6 Å². The van der Waals surface area contributed by atoms with E-state index in [1.807, 2.05) is 19.0 Å². The van der Waals surface area contributed by atoms with Gasteiger partial charge < -0.3 is 19.3 Å². The Balaban J connectivity index is 4.35. The van der Waals surface area contributed by atoms with Gasteiger partial charge in [0.2, 0.25) is 0 Å². The predicted octanol–water partition coefficient (Wildman–Crippen LogP) is 12.5. The average Bonchev–Trinajstić information content (AvgIpc) is 3.15. The molecule has 9 nitrogen and oxygen atoms in total.